The van der Waals surface area contributed by atoms with Crippen molar-refractivity contribution < 1.29 is 100 Å². The number of carbonyl (C=O) groups is 8. The fourth-order valence-electron chi connectivity index (χ4n) is 5.98. The Morgan fingerprint density at radius 2 is 1.14 bits per heavy atom. The monoisotopic (exact) mass is 805 g/mol. The summed E-state index contributed by atoms with van der Waals surface area (Å²) in [6, 6.07) is -1.57. The van der Waals surface area contributed by atoms with Gasteiger partial charge >= 0.3 is 41.8 Å². The van der Waals surface area contributed by atoms with Crippen LogP contribution in [0.1, 0.15) is 62.3 Å². The average Bonchev–Trinajstić information content (AvgIpc) is 3.05. The minimum absolute atomic E-state index is 0.215. The van der Waals surface area contributed by atoms with Crippen molar-refractivity contribution in [3.05, 3.63) is 11.8 Å². The Balaban J connectivity index is 2.20. The van der Waals surface area contributed by atoms with Crippen molar-refractivity contribution in [2.45, 2.75) is 142 Å². The Morgan fingerprint density at radius 1 is 0.607 bits per heavy atom. The summed E-state index contributed by atoms with van der Waals surface area (Å²) in [5, 5.41) is 13.7. The van der Waals surface area contributed by atoms with Crippen LogP contribution in [0.3, 0.4) is 0 Å². The maximum absolute atomic E-state index is 12.5. The predicted octanol–water partition coefficient (Wildman–Crippen LogP) is -1.25. The zero-order valence-electron chi connectivity index (χ0n) is 32.1. The van der Waals surface area contributed by atoms with Gasteiger partial charge in [0.25, 0.3) is 0 Å². The summed E-state index contributed by atoms with van der Waals surface area (Å²) in [5.74, 6) is -6.68. The third-order valence-electron chi connectivity index (χ3n) is 7.92. The van der Waals surface area contributed by atoms with Crippen molar-refractivity contribution in [1.29, 1.82) is 0 Å². The van der Waals surface area contributed by atoms with E-state index in [-0.39, 0.29) is 5.76 Å². The predicted molar refractivity (Wildman–Crippen MR) is 177 cm³/mol. The Labute approximate surface area is 320 Å². The van der Waals surface area contributed by atoms with Crippen molar-refractivity contribution in [1.82, 2.24) is 5.32 Å². The summed E-state index contributed by atoms with van der Waals surface area (Å²) in [7, 11) is 0. The normalized spacial score (nSPS) is 32.7. The molecule has 22 nitrogen and oxygen atoms in total. The quantitative estimate of drug-likeness (QED) is 0.153. The molecule has 3 rings (SSSR count). The molecule has 0 aliphatic carbocycles. The Morgan fingerprint density at radius 3 is 1.68 bits per heavy atom. The minimum Gasteiger partial charge on any atom is -0.463 e. The molecule has 0 aromatic carbocycles. The van der Waals surface area contributed by atoms with Crippen LogP contribution in [0.5, 0.6) is 0 Å². The molecule has 3 aliphatic heterocycles. The molecule has 0 spiro atoms. The highest BCUT2D eigenvalue weighted by Crippen LogP contribution is 2.36. The van der Waals surface area contributed by atoms with Gasteiger partial charge in [0.05, 0.1) is 6.10 Å². The van der Waals surface area contributed by atoms with Crippen LogP contribution in [0, 0.1) is 0 Å². The molecule has 13 atom stereocenters. The van der Waals surface area contributed by atoms with Crippen LogP contribution in [0.25, 0.3) is 0 Å². The molecule has 0 bridgehead atoms. The maximum Gasteiger partial charge on any atom is 0.307 e. The summed E-state index contributed by atoms with van der Waals surface area (Å²) in [4.78, 5) is 97.2. The number of aliphatic hydroxyl groups excluding tert-OH is 1. The van der Waals surface area contributed by atoms with Gasteiger partial charge in [0.15, 0.2) is 49.4 Å². The first-order chi connectivity index (χ1) is 26.2. The van der Waals surface area contributed by atoms with Gasteiger partial charge in [-0.15, -0.1) is 0 Å². The first-order valence-electron chi connectivity index (χ1n) is 17.2. The molecule has 56 heavy (non-hydrogen) atoms. The highest BCUT2D eigenvalue weighted by molar-refractivity contribution is 5.73. The van der Waals surface area contributed by atoms with E-state index in [9.17, 15) is 43.5 Å². The van der Waals surface area contributed by atoms with E-state index in [4.69, 9.17) is 56.8 Å². The summed E-state index contributed by atoms with van der Waals surface area (Å²) in [6.07, 6.45) is -17.5. The summed E-state index contributed by atoms with van der Waals surface area (Å²) in [5.41, 5.74) is 0. The van der Waals surface area contributed by atoms with E-state index in [0.717, 1.165) is 61.5 Å². The fraction of sp³-hybridized carbons (Fsp3) is 0.706. The van der Waals surface area contributed by atoms with Crippen molar-refractivity contribution in [2.75, 3.05) is 13.2 Å². The lowest BCUT2D eigenvalue weighted by molar-refractivity contribution is -0.358. The van der Waals surface area contributed by atoms with E-state index in [2.05, 4.69) is 5.32 Å². The van der Waals surface area contributed by atoms with E-state index in [1.165, 1.54) is 6.92 Å². The van der Waals surface area contributed by atoms with Gasteiger partial charge in [0.1, 0.15) is 43.3 Å². The van der Waals surface area contributed by atoms with Crippen LogP contribution in [0.15, 0.2) is 11.8 Å². The average molecular weight is 806 g/mol. The molecule has 13 unspecified atom stereocenters. The number of rotatable bonds is 14. The molecule has 2 saturated heterocycles. The van der Waals surface area contributed by atoms with Crippen LogP contribution >= 0.6 is 0 Å². The van der Waals surface area contributed by atoms with E-state index in [1.807, 2.05) is 0 Å². The number of carbonyl (C=O) groups excluding carboxylic acids is 8. The number of aliphatic hydroxyl groups is 1. The molecule has 2 N–H and O–H groups in total. The largest absolute Gasteiger partial charge is 0.463 e. The standard InChI is InChI=1S/C34H47NO21/c1-13-27(50-19(7)41)30(51-20(8)42)31(52-21(9)43)34(47-13)56-29-26(35-14(2)36)32(44)53-25(12-46-16(4)38)28(29)55-33-23(49-18(6)40)10-22(48-17(5)39)24(54-33)11-45-15(3)37/h10,13,23-34,44H,11-12H2,1-9H3,(H,35,36). The number of hydrogen-bond donors (Lipinski definition) is 2. The number of nitrogens with one attached hydrogen (secondary N) is 1. The SMILES string of the molecule is CC(=O)NC1C(O)OC(COC(C)=O)C(OC2OC(COC(C)=O)C(OC(C)=O)=CC2OC(C)=O)C1OC1OC(C)C(OC(C)=O)C(OC(C)=O)C1OC(C)=O. The first kappa shape index (κ1) is 45.6. The van der Waals surface area contributed by atoms with E-state index >= 15 is 0 Å². The van der Waals surface area contributed by atoms with Crippen LogP contribution in [0.2, 0.25) is 0 Å². The lowest BCUT2D eigenvalue weighted by Gasteiger charge is -2.49. The molecule has 314 valence electrons. The molecule has 0 aromatic rings. The van der Waals surface area contributed by atoms with E-state index in [1.54, 1.807) is 0 Å². The third-order valence-corrected chi connectivity index (χ3v) is 7.92. The van der Waals surface area contributed by atoms with Crippen LogP contribution in [-0.2, 0) is 95.2 Å². The Hall–Kier alpha value is -4.74. The van der Waals surface area contributed by atoms with Crippen molar-refractivity contribution in [3.8, 4) is 0 Å². The molecule has 0 radical (unpaired) electrons. The Bertz CT molecular complexity index is 1510. The van der Waals surface area contributed by atoms with Gasteiger partial charge in [0, 0.05) is 61.5 Å². The molecule has 0 saturated carbocycles. The molecular formula is C34H47NO21. The number of amides is 1. The maximum atomic E-state index is 12.5. The zero-order valence-corrected chi connectivity index (χ0v) is 32.1. The van der Waals surface area contributed by atoms with Crippen molar-refractivity contribution in [3.63, 3.8) is 0 Å². The lowest BCUT2D eigenvalue weighted by atomic mass is 9.94. The van der Waals surface area contributed by atoms with Crippen LogP contribution in [-0.4, -0.2) is 146 Å². The second kappa shape index (κ2) is 20.4. The molecule has 1 amide bonds. The molecule has 3 heterocycles. The Kier molecular flexibility index (Phi) is 16.7. The smallest absolute Gasteiger partial charge is 0.307 e. The van der Waals surface area contributed by atoms with Crippen molar-refractivity contribution in [2.24, 2.45) is 0 Å². The van der Waals surface area contributed by atoms with Gasteiger partial charge in [-0.25, -0.2) is 0 Å². The third kappa shape index (κ3) is 13.2. The van der Waals surface area contributed by atoms with Gasteiger partial charge in [-0.1, -0.05) is 0 Å². The number of esters is 7. The molecule has 2 fully saturated rings. The summed E-state index contributed by atoms with van der Waals surface area (Å²) >= 11 is 0. The number of ether oxygens (including phenoxy) is 12. The second-order valence-corrected chi connectivity index (χ2v) is 12.8. The van der Waals surface area contributed by atoms with Crippen LogP contribution < -0.4 is 5.32 Å². The molecule has 22 heteroatoms. The zero-order chi connectivity index (χ0) is 42.0. The van der Waals surface area contributed by atoms with E-state index in [0.29, 0.717) is 0 Å². The van der Waals surface area contributed by atoms with Gasteiger partial charge in [-0.05, 0) is 6.92 Å². The van der Waals surface area contributed by atoms with Gasteiger partial charge in [-0.2, -0.15) is 0 Å². The van der Waals surface area contributed by atoms with Crippen LogP contribution in [0.4, 0.5) is 0 Å². The van der Waals surface area contributed by atoms with Gasteiger partial charge in [0.2, 0.25) is 5.91 Å². The van der Waals surface area contributed by atoms with Gasteiger partial charge < -0.3 is 67.3 Å². The highest BCUT2D eigenvalue weighted by atomic mass is 16.8. The molecule has 0 aromatic heterocycles. The topological polar surface area (TPSA) is 280 Å². The number of hydrogen-bond acceptors (Lipinski definition) is 21. The first-order valence-corrected chi connectivity index (χ1v) is 17.2. The van der Waals surface area contributed by atoms with Gasteiger partial charge in [-0.3, -0.25) is 38.4 Å². The molecule has 3 aliphatic rings. The lowest BCUT2D eigenvalue weighted by Crippen LogP contribution is -2.69. The van der Waals surface area contributed by atoms with E-state index < -0.39 is 141 Å². The minimum atomic E-state index is -1.92. The highest BCUT2D eigenvalue weighted by Gasteiger charge is 2.56. The van der Waals surface area contributed by atoms with Crippen molar-refractivity contribution >= 4 is 47.7 Å². The second-order valence-electron chi connectivity index (χ2n) is 12.8. The fourth-order valence-corrected chi connectivity index (χ4v) is 5.98. The molecular weight excluding hydrogens is 758 g/mol. The summed E-state index contributed by atoms with van der Waals surface area (Å²) < 4.78 is 67.8. The summed E-state index contributed by atoms with van der Waals surface area (Å²) in [6.45, 7) is 8.89.